The summed E-state index contributed by atoms with van der Waals surface area (Å²) >= 11 is 0. The van der Waals surface area contributed by atoms with Crippen LogP contribution in [-0.4, -0.2) is 38.2 Å². The number of nitrogens with zero attached hydrogens (tertiary/aromatic N) is 4. The summed E-state index contributed by atoms with van der Waals surface area (Å²) < 4.78 is 0. The van der Waals surface area contributed by atoms with Crippen molar-refractivity contribution >= 4 is 17.3 Å². The number of nitrogen functional groups attached to an aromatic ring is 1. The van der Waals surface area contributed by atoms with Gasteiger partial charge >= 0.3 is 5.69 Å². The third kappa shape index (κ3) is 1.95. The predicted molar refractivity (Wildman–Crippen MR) is 71.0 cm³/mol. The van der Waals surface area contributed by atoms with Gasteiger partial charge in [-0.1, -0.05) is 0 Å². The Morgan fingerprint density at radius 1 is 1.40 bits per heavy atom. The molecule has 1 aromatic rings. The highest BCUT2D eigenvalue weighted by atomic mass is 16.6. The zero-order valence-electron chi connectivity index (χ0n) is 10.8. The van der Waals surface area contributed by atoms with Crippen molar-refractivity contribution in [3.8, 4) is 0 Å². The lowest BCUT2D eigenvalue weighted by atomic mass is 10.00. The van der Waals surface area contributed by atoms with E-state index in [-0.39, 0.29) is 35.5 Å². The number of nitro groups is 1. The standard InChI is InChI=1S/C11H16N6O3/c12-15-10-9(17(19)20)11(14-5-13-10)16-6-1-2-7(16)4-8(18)3-6/h5-8,18H,1-4,12H2,(H,13,14,15). The maximum atomic E-state index is 11.3. The van der Waals surface area contributed by atoms with Crippen LogP contribution >= 0.6 is 0 Å². The first-order chi connectivity index (χ1) is 9.61. The summed E-state index contributed by atoms with van der Waals surface area (Å²) in [5.41, 5.74) is 2.04. The van der Waals surface area contributed by atoms with E-state index >= 15 is 0 Å². The summed E-state index contributed by atoms with van der Waals surface area (Å²) in [5.74, 6) is 5.58. The summed E-state index contributed by atoms with van der Waals surface area (Å²) in [6, 6.07) is 0.172. The number of aromatic nitrogens is 2. The Morgan fingerprint density at radius 2 is 2.05 bits per heavy atom. The van der Waals surface area contributed by atoms with E-state index < -0.39 is 4.92 Å². The molecule has 3 heterocycles. The van der Waals surface area contributed by atoms with Crippen LogP contribution in [0.15, 0.2) is 6.33 Å². The lowest BCUT2D eigenvalue weighted by molar-refractivity contribution is -0.383. The first-order valence-electron chi connectivity index (χ1n) is 6.54. The van der Waals surface area contributed by atoms with Gasteiger partial charge < -0.3 is 15.4 Å². The molecule has 0 saturated carbocycles. The van der Waals surface area contributed by atoms with Gasteiger partial charge in [-0.25, -0.2) is 15.8 Å². The van der Waals surface area contributed by atoms with Gasteiger partial charge in [0.25, 0.3) is 0 Å². The van der Waals surface area contributed by atoms with Crippen LogP contribution in [0.5, 0.6) is 0 Å². The van der Waals surface area contributed by atoms with Gasteiger partial charge in [0.15, 0.2) is 0 Å². The number of aliphatic hydroxyl groups excluding tert-OH is 1. The second-order valence-corrected chi connectivity index (χ2v) is 5.21. The Balaban J connectivity index is 2.05. The number of hydrogen-bond donors (Lipinski definition) is 3. The monoisotopic (exact) mass is 280 g/mol. The molecule has 2 saturated heterocycles. The maximum absolute atomic E-state index is 11.3. The number of nitrogens with one attached hydrogen (secondary N) is 1. The smallest absolute Gasteiger partial charge is 0.354 e. The molecule has 2 aliphatic heterocycles. The number of hydrazine groups is 1. The van der Waals surface area contributed by atoms with Crippen LogP contribution in [0.1, 0.15) is 25.7 Å². The topological polar surface area (TPSA) is 130 Å². The van der Waals surface area contributed by atoms with Crippen molar-refractivity contribution in [2.45, 2.75) is 43.9 Å². The van der Waals surface area contributed by atoms with E-state index in [9.17, 15) is 15.2 Å². The van der Waals surface area contributed by atoms with Gasteiger partial charge in [0.1, 0.15) is 6.33 Å². The molecule has 0 aromatic carbocycles. The zero-order valence-corrected chi connectivity index (χ0v) is 10.8. The molecule has 3 rings (SSSR count). The summed E-state index contributed by atoms with van der Waals surface area (Å²) in [6.07, 6.45) is 3.98. The summed E-state index contributed by atoms with van der Waals surface area (Å²) in [7, 11) is 0. The average molecular weight is 280 g/mol. The molecule has 1 aromatic heterocycles. The highest BCUT2D eigenvalue weighted by Gasteiger charge is 2.44. The Kier molecular flexibility index (Phi) is 3.14. The molecule has 9 heteroatoms. The number of nitrogens with two attached hydrogens (primary N) is 1. The number of fused-ring (bicyclic) bond motifs is 2. The van der Waals surface area contributed by atoms with E-state index in [1.54, 1.807) is 0 Å². The molecular formula is C11H16N6O3. The lowest BCUT2D eigenvalue weighted by Crippen LogP contribution is -2.45. The molecule has 4 N–H and O–H groups in total. The molecule has 0 radical (unpaired) electrons. The van der Waals surface area contributed by atoms with Gasteiger partial charge in [0, 0.05) is 12.1 Å². The predicted octanol–water partition coefficient (Wildman–Crippen LogP) is 0.162. The number of anilines is 2. The van der Waals surface area contributed by atoms with Crippen LogP contribution in [0.3, 0.4) is 0 Å². The van der Waals surface area contributed by atoms with Crippen molar-refractivity contribution in [3.05, 3.63) is 16.4 Å². The van der Waals surface area contributed by atoms with Crippen LogP contribution in [0.4, 0.5) is 17.3 Å². The van der Waals surface area contributed by atoms with E-state index in [2.05, 4.69) is 15.4 Å². The summed E-state index contributed by atoms with van der Waals surface area (Å²) in [6.45, 7) is 0. The van der Waals surface area contributed by atoms with Crippen molar-refractivity contribution in [3.63, 3.8) is 0 Å². The number of aliphatic hydroxyl groups is 1. The Labute approximate surface area is 114 Å². The van der Waals surface area contributed by atoms with Crippen LogP contribution in [0, 0.1) is 10.1 Å². The SMILES string of the molecule is NNc1ncnc(N2C3CCC2CC(O)C3)c1[N+](=O)[O-]. The minimum Gasteiger partial charge on any atom is -0.393 e. The fourth-order valence-corrected chi connectivity index (χ4v) is 3.33. The largest absolute Gasteiger partial charge is 0.393 e. The molecule has 0 spiro atoms. The van der Waals surface area contributed by atoms with Crippen LogP contribution in [0.25, 0.3) is 0 Å². The van der Waals surface area contributed by atoms with Crippen LogP contribution < -0.4 is 16.2 Å². The number of piperidine rings is 1. The minimum absolute atomic E-state index is 0.00511. The first-order valence-corrected chi connectivity index (χ1v) is 6.54. The van der Waals surface area contributed by atoms with Gasteiger partial charge in [-0.15, -0.1) is 0 Å². The first kappa shape index (κ1) is 13.0. The summed E-state index contributed by atoms with van der Waals surface area (Å²) in [5, 5.41) is 21.1. The molecule has 0 amide bonds. The van der Waals surface area contributed by atoms with Crippen molar-refractivity contribution in [2.24, 2.45) is 5.84 Å². The molecule has 0 aliphatic carbocycles. The van der Waals surface area contributed by atoms with E-state index in [0.29, 0.717) is 12.8 Å². The third-order valence-electron chi connectivity index (χ3n) is 4.08. The van der Waals surface area contributed by atoms with Crippen molar-refractivity contribution < 1.29 is 10.0 Å². The van der Waals surface area contributed by atoms with Crippen molar-refractivity contribution in [1.82, 2.24) is 9.97 Å². The molecule has 9 nitrogen and oxygen atoms in total. The van der Waals surface area contributed by atoms with Gasteiger partial charge in [0.2, 0.25) is 11.6 Å². The van der Waals surface area contributed by atoms with Gasteiger partial charge in [-0.05, 0) is 25.7 Å². The lowest BCUT2D eigenvalue weighted by Gasteiger charge is -2.37. The quantitative estimate of drug-likeness (QED) is 0.405. The van der Waals surface area contributed by atoms with Gasteiger partial charge in [-0.3, -0.25) is 10.1 Å². The molecule has 2 unspecified atom stereocenters. The number of rotatable bonds is 3. The fourth-order valence-electron chi connectivity index (χ4n) is 3.33. The maximum Gasteiger partial charge on any atom is 0.354 e. The van der Waals surface area contributed by atoms with E-state index in [1.165, 1.54) is 6.33 Å². The molecule has 2 aliphatic rings. The number of hydrogen-bond acceptors (Lipinski definition) is 8. The zero-order chi connectivity index (χ0) is 14.3. The third-order valence-corrected chi connectivity index (χ3v) is 4.08. The molecular weight excluding hydrogens is 264 g/mol. The van der Waals surface area contributed by atoms with Crippen LogP contribution in [-0.2, 0) is 0 Å². The average Bonchev–Trinajstić information content (AvgIpc) is 2.69. The van der Waals surface area contributed by atoms with E-state index in [1.807, 2.05) is 4.90 Å². The highest BCUT2D eigenvalue weighted by Crippen LogP contribution is 2.43. The normalized spacial score (nSPS) is 28.5. The molecule has 2 bridgehead atoms. The molecule has 2 atom stereocenters. The van der Waals surface area contributed by atoms with Gasteiger partial charge in [-0.2, -0.15) is 0 Å². The van der Waals surface area contributed by atoms with E-state index in [0.717, 1.165) is 12.8 Å². The molecule has 2 fully saturated rings. The molecule has 108 valence electrons. The highest BCUT2D eigenvalue weighted by molar-refractivity contribution is 5.71. The minimum atomic E-state index is -0.519. The van der Waals surface area contributed by atoms with Crippen molar-refractivity contribution in [1.29, 1.82) is 0 Å². The second kappa shape index (κ2) is 4.84. The Morgan fingerprint density at radius 3 is 2.60 bits per heavy atom. The molecule has 20 heavy (non-hydrogen) atoms. The summed E-state index contributed by atoms with van der Waals surface area (Å²) in [4.78, 5) is 20.6. The van der Waals surface area contributed by atoms with Gasteiger partial charge in [0.05, 0.1) is 11.0 Å². The van der Waals surface area contributed by atoms with E-state index in [4.69, 9.17) is 5.84 Å². The second-order valence-electron chi connectivity index (χ2n) is 5.21. The van der Waals surface area contributed by atoms with Crippen LogP contribution in [0.2, 0.25) is 0 Å². The fraction of sp³-hybridized carbons (Fsp3) is 0.636. The Bertz CT molecular complexity index is 525. The van der Waals surface area contributed by atoms with Crippen molar-refractivity contribution in [2.75, 3.05) is 10.3 Å². The Hall–Kier alpha value is -2.00.